The molecule has 21 heavy (non-hydrogen) atoms. The first-order valence-electron chi connectivity index (χ1n) is 7.77. The van der Waals surface area contributed by atoms with E-state index in [1.165, 1.54) is 32.5 Å². The van der Waals surface area contributed by atoms with Crippen molar-refractivity contribution in [1.29, 1.82) is 0 Å². The second-order valence-electron chi connectivity index (χ2n) is 6.18. The topological polar surface area (TPSA) is 56.8 Å². The quantitative estimate of drug-likeness (QED) is 0.907. The maximum Gasteiger partial charge on any atom is 0.183 e. The Morgan fingerprint density at radius 2 is 2.10 bits per heavy atom. The molecule has 2 fully saturated rings. The van der Waals surface area contributed by atoms with Gasteiger partial charge in [-0.2, -0.15) is 5.10 Å². The molecule has 2 aromatic rings. The van der Waals surface area contributed by atoms with Crippen LogP contribution < -0.4 is 5.32 Å². The lowest BCUT2D eigenvalue weighted by Crippen LogP contribution is -2.39. The number of hydrogen-bond acceptors (Lipinski definition) is 4. The van der Waals surface area contributed by atoms with Gasteiger partial charge in [-0.3, -0.25) is 5.10 Å². The number of aromatic nitrogens is 3. The molecule has 1 aromatic carbocycles. The minimum atomic E-state index is 0.574. The largest absolute Gasteiger partial charge is 0.381 e. The highest BCUT2D eigenvalue weighted by atomic mass is 15.2. The third-order valence-electron chi connectivity index (χ3n) is 4.74. The summed E-state index contributed by atoms with van der Waals surface area (Å²) in [6.45, 7) is 5.67. The lowest BCUT2D eigenvalue weighted by Gasteiger charge is -2.32. The minimum absolute atomic E-state index is 0.574. The molecule has 2 aliphatic heterocycles. The molecule has 1 aromatic heterocycles. The van der Waals surface area contributed by atoms with Crippen molar-refractivity contribution in [3.63, 3.8) is 0 Å². The highest BCUT2D eigenvalue weighted by Crippen LogP contribution is 2.32. The van der Waals surface area contributed by atoms with Gasteiger partial charge in [0.2, 0.25) is 0 Å². The molecule has 4 rings (SSSR count). The average Bonchev–Trinajstić information content (AvgIpc) is 3.10. The maximum absolute atomic E-state index is 4.47. The molecular formula is C16H21N5. The zero-order valence-corrected chi connectivity index (χ0v) is 12.3. The fraction of sp³-hybridized carbons (Fsp3) is 0.500. The van der Waals surface area contributed by atoms with Crippen molar-refractivity contribution in [2.24, 2.45) is 5.92 Å². The Labute approximate surface area is 124 Å². The standard InChI is InChI=1S/C16H21N5/c1-11-17-16(20-19-11)13-4-2-3-5-15(13)18-14-7-9-21-8-6-12(14)10-21/h2-5,12,14,18H,6-10H2,1H3,(H,17,19,20). The number of H-pyrrole nitrogens is 1. The number of nitrogens with one attached hydrogen (secondary N) is 2. The highest BCUT2D eigenvalue weighted by Gasteiger charge is 2.34. The van der Waals surface area contributed by atoms with Gasteiger partial charge in [0.05, 0.1) is 0 Å². The molecule has 3 atom stereocenters. The van der Waals surface area contributed by atoms with Crippen molar-refractivity contribution in [3.8, 4) is 11.4 Å². The molecule has 0 radical (unpaired) electrons. The van der Waals surface area contributed by atoms with E-state index in [2.05, 4.69) is 43.6 Å². The highest BCUT2D eigenvalue weighted by molar-refractivity contribution is 5.73. The number of nitrogens with zero attached hydrogens (tertiary/aromatic N) is 3. The molecule has 0 aliphatic carbocycles. The van der Waals surface area contributed by atoms with Gasteiger partial charge in [0.1, 0.15) is 5.82 Å². The van der Waals surface area contributed by atoms with Gasteiger partial charge in [-0.05, 0) is 44.4 Å². The number of piperidine rings is 1. The zero-order chi connectivity index (χ0) is 14.2. The first-order valence-corrected chi connectivity index (χ1v) is 7.77. The van der Waals surface area contributed by atoms with Gasteiger partial charge in [0, 0.05) is 30.4 Å². The van der Waals surface area contributed by atoms with Gasteiger partial charge in [0.25, 0.3) is 0 Å². The van der Waals surface area contributed by atoms with E-state index in [0.29, 0.717) is 6.04 Å². The van der Waals surface area contributed by atoms with Gasteiger partial charge in [-0.1, -0.05) is 12.1 Å². The van der Waals surface area contributed by atoms with Crippen molar-refractivity contribution in [2.45, 2.75) is 25.8 Å². The van der Waals surface area contributed by atoms with Crippen molar-refractivity contribution in [3.05, 3.63) is 30.1 Å². The monoisotopic (exact) mass is 283 g/mol. The number of anilines is 1. The van der Waals surface area contributed by atoms with Crippen LogP contribution in [0.3, 0.4) is 0 Å². The molecule has 0 spiro atoms. The van der Waals surface area contributed by atoms with E-state index in [9.17, 15) is 0 Å². The van der Waals surface area contributed by atoms with E-state index in [1.54, 1.807) is 0 Å². The number of hydrogen-bond donors (Lipinski definition) is 2. The van der Waals surface area contributed by atoms with Crippen molar-refractivity contribution >= 4 is 5.69 Å². The summed E-state index contributed by atoms with van der Waals surface area (Å²) in [7, 11) is 0. The SMILES string of the molecule is Cc1nc(-c2ccccc2NC2CCN3CCC2C3)n[nH]1. The Hall–Kier alpha value is -1.88. The molecule has 5 nitrogen and oxygen atoms in total. The number of para-hydroxylation sites is 1. The number of benzene rings is 1. The van der Waals surface area contributed by atoms with E-state index in [1.807, 2.05) is 13.0 Å². The molecule has 110 valence electrons. The molecule has 5 heteroatoms. The smallest absolute Gasteiger partial charge is 0.183 e. The van der Waals surface area contributed by atoms with Gasteiger partial charge in [-0.15, -0.1) is 0 Å². The number of aromatic amines is 1. The van der Waals surface area contributed by atoms with Crippen LogP contribution in [-0.4, -0.2) is 45.8 Å². The number of fused-ring (bicyclic) bond motifs is 2. The van der Waals surface area contributed by atoms with Gasteiger partial charge in [0.15, 0.2) is 5.82 Å². The van der Waals surface area contributed by atoms with E-state index in [0.717, 1.165) is 28.8 Å². The molecule has 2 N–H and O–H groups in total. The average molecular weight is 283 g/mol. The molecule has 3 unspecified atom stereocenters. The summed E-state index contributed by atoms with van der Waals surface area (Å²) in [6.07, 6.45) is 2.55. The third kappa shape index (κ3) is 2.42. The Kier molecular flexibility index (Phi) is 3.15. The maximum atomic E-state index is 4.47. The minimum Gasteiger partial charge on any atom is -0.381 e. The summed E-state index contributed by atoms with van der Waals surface area (Å²) >= 11 is 0. The van der Waals surface area contributed by atoms with Gasteiger partial charge in [-0.25, -0.2) is 4.98 Å². The van der Waals surface area contributed by atoms with Crippen LogP contribution in [0.25, 0.3) is 11.4 Å². The summed E-state index contributed by atoms with van der Waals surface area (Å²) in [6, 6.07) is 8.93. The first-order chi connectivity index (χ1) is 10.3. The molecule has 2 saturated heterocycles. The zero-order valence-electron chi connectivity index (χ0n) is 12.3. The van der Waals surface area contributed by atoms with E-state index in [-0.39, 0.29) is 0 Å². The van der Waals surface area contributed by atoms with Gasteiger partial charge >= 0.3 is 0 Å². The summed E-state index contributed by atoms with van der Waals surface area (Å²) < 4.78 is 0. The Balaban J connectivity index is 1.60. The predicted molar refractivity (Wildman–Crippen MR) is 83.1 cm³/mol. The summed E-state index contributed by atoms with van der Waals surface area (Å²) in [4.78, 5) is 7.04. The molecule has 3 heterocycles. The van der Waals surface area contributed by atoms with E-state index >= 15 is 0 Å². The fourth-order valence-corrected chi connectivity index (χ4v) is 3.61. The van der Waals surface area contributed by atoms with Crippen LogP contribution in [-0.2, 0) is 0 Å². The molecular weight excluding hydrogens is 262 g/mol. The van der Waals surface area contributed by atoms with Crippen LogP contribution in [0.4, 0.5) is 5.69 Å². The fourth-order valence-electron chi connectivity index (χ4n) is 3.61. The van der Waals surface area contributed by atoms with Crippen LogP contribution >= 0.6 is 0 Å². The Morgan fingerprint density at radius 3 is 2.95 bits per heavy atom. The summed E-state index contributed by atoms with van der Waals surface area (Å²) in [5, 5.41) is 11.0. The number of aryl methyl sites for hydroxylation is 1. The second-order valence-corrected chi connectivity index (χ2v) is 6.18. The normalized spacial score (nSPS) is 27.8. The van der Waals surface area contributed by atoms with Crippen LogP contribution in [0, 0.1) is 12.8 Å². The second kappa shape index (κ2) is 5.15. The molecule has 2 bridgehead atoms. The lowest BCUT2D eigenvalue weighted by atomic mass is 9.93. The van der Waals surface area contributed by atoms with Crippen LogP contribution in [0.1, 0.15) is 18.7 Å². The van der Waals surface area contributed by atoms with Crippen molar-refractivity contribution < 1.29 is 0 Å². The van der Waals surface area contributed by atoms with Gasteiger partial charge < -0.3 is 10.2 Å². The van der Waals surface area contributed by atoms with Crippen molar-refractivity contribution in [2.75, 3.05) is 25.0 Å². The molecule has 0 saturated carbocycles. The predicted octanol–water partition coefficient (Wildman–Crippen LogP) is 2.29. The molecule has 2 aliphatic rings. The lowest BCUT2D eigenvalue weighted by molar-refractivity contribution is 0.255. The summed E-state index contributed by atoms with van der Waals surface area (Å²) in [5.41, 5.74) is 2.24. The van der Waals surface area contributed by atoms with Crippen LogP contribution in [0.2, 0.25) is 0 Å². The van der Waals surface area contributed by atoms with E-state index < -0.39 is 0 Å². The Morgan fingerprint density at radius 1 is 1.24 bits per heavy atom. The third-order valence-corrected chi connectivity index (χ3v) is 4.74. The number of rotatable bonds is 3. The first kappa shape index (κ1) is 12.8. The van der Waals surface area contributed by atoms with Crippen LogP contribution in [0.15, 0.2) is 24.3 Å². The summed E-state index contributed by atoms with van der Waals surface area (Å²) in [5.74, 6) is 2.41. The molecule has 0 amide bonds. The van der Waals surface area contributed by atoms with E-state index in [4.69, 9.17) is 0 Å². The van der Waals surface area contributed by atoms with Crippen molar-refractivity contribution in [1.82, 2.24) is 20.1 Å². The van der Waals surface area contributed by atoms with Crippen LogP contribution in [0.5, 0.6) is 0 Å². The Bertz CT molecular complexity index is 635.